The maximum atomic E-state index is 12.9. The molecule has 2 heterocycles. The van der Waals surface area contributed by atoms with Gasteiger partial charge in [-0.3, -0.25) is 9.59 Å². The maximum Gasteiger partial charge on any atom is 0.257 e. The van der Waals surface area contributed by atoms with Gasteiger partial charge in [0, 0.05) is 31.4 Å². The fourth-order valence-corrected chi connectivity index (χ4v) is 3.44. The number of carbonyl (C=O) groups is 2. The zero-order valence-corrected chi connectivity index (χ0v) is 13.1. The predicted octanol–water partition coefficient (Wildman–Crippen LogP) is 1.48. The lowest BCUT2D eigenvalue weighted by Gasteiger charge is -2.43. The second-order valence-electron chi connectivity index (χ2n) is 6.44. The van der Waals surface area contributed by atoms with E-state index in [4.69, 9.17) is 0 Å². The van der Waals surface area contributed by atoms with Crippen LogP contribution in [-0.2, 0) is 4.79 Å². The molecule has 0 aromatic carbocycles. The van der Waals surface area contributed by atoms with Gasteiger partial charge in [0.05, 0.1) is 5.56 Å². The molecule has 2 aliphatic rings. The molecule has 0 bridgehead atoms. The van der Waals surface area contributed by atoms with Gasteiger partial charge in [0.2, 0.25) is 5.91 Å². The lowest BCUT2D eigenvalue weighted by atomic mass is 9.91. The van der Waals surface area contributed by atoms with Crippen LogP contribution in [0.15, 0.2) is 12.4 Å². The molecule has 1 N–H and O–H groups in total. The Morgan fingerprint density at radius 1 is 1.27 bits per heavy atom. The highest BCUT2D eigenvalue weighted by molar-refractivity contribution is 5.99. The van der Waals surface area contributed by atoms with Crippen LogP contribution in [0.25, 0.3) is 0 Å². The molecular formula is C16H22N4O2. The molecule has 1 saturated carbocycles. The van der Waals surface area contributed by atoms with Gasteiger partial charge >= 0.3 is 0 Å². The molecular weight excluding hydrogens is 280 g/mol. The van der Waals surface area contributed by atoms with Crippen LogP contribution >= 0.6 is 0 Å². The van der Waals surface area contributed by atoms with E-state index in [9.17, 15) is 9.59 Å². The number of nitrogens with one attached hydrogen (secondary N) is 1. The molecule has 1 saturated heterocycles. The first-order valence-electron chi connectivity index (χ1n) is 7.97. The van der Waals surface area contributed by atoms with Crippen LogP contribution in [-0.4, -0.2) is 45.3 Å². The van der Waals surface area contributed by atoms with Gasteiger partial charge < -0.3 is 10.2 Å². The van der Waals surface area contributed by atoms with Crippen LogP contribution in [0.5, 0.6) is 0 Å². The van der Waals surface area contributed by atoms with Gasteiger partial charge in [-0.25, -0.2) is 9.97 Å². The molecule has 0 atom stereocenters. The van der Waals surface area contributed by atoms with E-state index in [-0.39, 0.29) is 17.7 Å². The monoisotopic (exact) mass is 302 g/mol. The van der Waals surface area contributed by atoms with Gasteiger partial charge in [-0.15, -0.1) is 0 Å². The predicted molar refractivity (Wildman–Crippen MR) is 81.4 cm³/mol. The summed E-state index contributed by atoms with van der Waals surface area (Å²) < 4.78 is 0. The molecule has 2 amide bonds. The number of piperazine rings is 1. The first kappa shape index (κ1) is 14.9. The third kappa shape index (κ3) is 2.36. The van der Waals surface area contributed by atoms with Crippen molar-refractivity contribution in [3.63, 3.8) is 0 Å². The standard InChI is InChI=1S/C16H22N4O2/c1-11(2)13-18-9-12(10-19-13)14(21)20-8-7-17-15(22)16(20)5-3-4-6-16/h9-11H,3-8H2,1-2H3,(H,17,22). The number of nitrogens with zero attached hydrogens (tertiary/aromatic N) is 3. The normalized spacial score (nSPS) is 20.5. The maximum absolute atomic E-state index is 12.9. The Balaban J connectivity index is 1.88. The number of aromatic nitrogens is 2. The third-order valence-corrected chi connectivity index (χ3v) is 4.67. The van der Waals surface area contributed by atoms with Gasteiger partial charge in [-0.2, -0.15) is 0 Å². The fourth-order valence-electron chi connectivity index (χ4n) is 3.44. The van der Waals surface area contributed by atoms with Crippen molar-refractivity contribution in [2.24, 2.45) is 0 Å². The summed E-state index contributed by atoms with van der Waals surface area (Å²) >= 11 is 0. The van der Waals surface area contributed by atoms with Gasteiger partial charge in [-0.1, -0.05) is 26.7 Å². The van der Waals surface area contributed by atoms with Crippen molar-refractivity contribution in [1.82, 2.24) is 20.2 Å². The Labute approximate surface area is 130 Å². The van der Waals surface area contributed by atoms with Crippen molar-refractivity contribution in [2.45, 2.75) is 51.0 Å². The van der Waals surface area contributed by atoms with Gasteiger partial charge in [0.15, 0.2) is 0 Å². The SMILES string of the molecule is CC(C)c1ncc(C(=O)N2CCNC(=O)C23CCCC3)cn1. The number of hydrogen-bond acceptors (Lipinski definition) is 4. The highest BCUT2D eigenvalue weighted by atomic mass is 16.2. The third-order valence-electron chi connectivity index (χ3n) is 4.67. The highest BCUT2D eigenvalue weighted by Gasteiger charge is 2.50. The zero-order valence-electron chi connectivity index (χ0n) is 13.1. The largest absolute Gasteiger partial charge is 0.352 e. The summed E-state index contributed by atoms with van der Waals surface area (Å²) in [6, 6.07) is 0. The van der Waals surface area contributed by atoms with Crippen molar-refractivity contribution >= 4 is 11.8 Å². The molecule has 0 unspecified atom stereocenters. The van der Waals surface area contributed by atoms with Crippen molar-refractivity contribution in [2.75, 3.05) is 13.1 Å². The Kier molecular flexibility index (Phi) is 3.85. The van der Waals surface area contributed by atoms with Crippen molar-refractivity contribution in [3.05, 3.63) is 23.8 Å². The summed E-state index contributed by atoms with van der Waals surface area (Å²) in [6.45, 7) is 5.09. The Hall–Kier alpha value is -1.98. The average molecular weight is 302 g/mol. The summed E-state index contributed by atoms with van der Waals surface area (Å²) in [5.41, 5.74) is -0.197. The molecule has 1 aromatic heterocycles. The van der Waals surface area contributed by atoms with Gasteiger partial charge in [0.25, 0.3) is 5.91 Å². The fraction of sp³-hybridized carbons (Fsp3) is 0.625. The molecule has 1 aliphatic carbocycles. The van der Waals surface area contributed by atoms with Crippen LogP contribution in [0.4, 0.5) is 0 Å². The zero-order chi connectivity index (χ0) is 15.7. The summed E-state index contributed by atoms with van der Waals surface area (Å²) in [7, 11) is 0. The van der Waals surface area contributed by atoms with Crippen LogP contribution in [0, 0.1) is 0 Å². The van der Waals surface area contributed by atoms with E-state index in [2.05, 4.69) is 15.3 Å². The molecule has 3 rings (SSSR count). The van der Waals surface area contributed by atoms with Gasteiger partial charge in [-0.05, 0) is 12.8 Å². The van der Waals surface area contributed by atoms with E-state index < -0.39 is 5.54 Å². The van der Waals surface area contributed by atoms with Crippen molar-refractivity contribution in [3.8, 4) is 0 Å². The van der Waals surface area contributed by atoms with Gasteiger partial charge in [0.1, 0.15) is 11.4 Å². The first-order valence-corrected chi connectivity index (χ1v) is 7.97. The lowest BCUT2D eigenvalue weighted by molar-refractivity contribution is -0.134. The number of rotatable bonds is 2. The Morgan fingerprint density at radius 3 is 2.50 bits per heavy atom. The molecule has 2 fully saturated rings. The molecule has 6 nitrogen and oxygen atoms in total. The minimum atomic E-state index is -0.661. The molecule has 6 heteroatoms. The van der Waals surface area contributed by atoms with E-state index in [1.54, 1.807) is 17.3 Å². The average Bonchev–Trinajstić information content (AvgIpc) is 3.00. The van der Waals surface area contributed by atoms with Crippen molar-refractivity contribution in [1.29, 1.82) is 0 Å². The Bertz CT molecular complexity index is 576. The number of amides is 2. The van der Waals surface area contributed by atoms with Crippen LogP contribution < -0.4 is 5.32 Å². The smallest absolute Gasteiger partial charge is 0.257 e. The minimum absolute atomic E-state index is 0.00989. The van der Waals surface area contributed by atoms with Crippen LogP contribution in [0.3, 0.4) is 0 Å². The summed E-state index contributed by atoms with van der Waals surface area (Å²) in [5.74, 6) is 0.811. The quantitative estimate of drug-likeness (QED) is 0.898. The van der Waals surface area contributed by atoms with E-state index in [0.29, 0.717) is 18.7 Å². The Morgan fingerprint density at radius 2 is 1.91 bits per heavy atom. The number of hydrogen-bond donors (Lipinski definition) is 1. The summed E-state index contributed by atoms with van der Waals surface area (Å²) in [4.78, 5) is 35.5. The van der Waals surface area contributed by atoms with Crippen molar-refractivity contribution < 1.29 is 9.59 Å². The molecule has 22 heavy (non-hydrogen) atoms. The van der Waals surface area contributed by atoms with Crippen LogP contribution in [0.2, 0.25) is 0 Å². The van der Waals surface area contributed by atoms with E-state index >= 15 is 0 Å². The number of carbonyl (C=O) groups excluding carboxylic acids is 2. The van der Waals surface area contributed by atoms with Crippen LogP contribution in [0.1, 0.15) is 61.6 Å². The minimum Gasteiger partial charge on any atom is -0.352 e. The first-order chi connectivity index (χ1) is 10.5. The second-order valence-corrected chi connectivity index (χ2v) is 6.44. The van der Waals surface area contributed by atoms with E-state index in [1.807, 2.05) is 13.8 Å². The lowest BCUT2D eigenvalue weighted by Crippen LogP contribution is -2.65. The highest BCUT2D eigenvalue weighted by Crippen LogP contribution is 2.37. The summed E-state index contributed by atoms with van der Waals surface area (Å²) in [5, 5.41) is 2.91. The second kappa shape index (κ2) is 5.66. The topological polar surface area (TPSA) is 75.2 Å². The molecule has 0 radical (unpaired) electrons. The van der Waals surface area contributed by atoms with E-state index in [0.717, 1.165) is 31.5 Å². The molecule has 118 valence electrons. The molecule has 1 spiro atoms. The molecule has 1 aliphatic heterocycles. The summed E-state index contributed by atoms with van der Waals surface area (Å²) in [6.07, 6.45) is 6.63. The van der Waals surface area contributed by atoms with E-state index in [1.165, 1.54) is 0 Å². The molecule has 1 aromatic rings.